The average Bonchev–Trinajstić information content (AvgIpc) is 2.87. The molecule has 1 aromatic carbocycles. The molecule has 0 atom stereocenters. The lowest BCUT2D eigenvalue weighted by atomic mass is 10.0. The van der Waals surface area contributed by atoms with Gasteiger partial charge in [-0.2, -0.15) is 0 Å². The lowest BCUT2D eigenvalue weighted by Crippen LogP contribution is -2.37. The van der Waals surface area contributed by atoms with Gasteiger partial charge in [0.2, 0.25) is 5.91 Å². The van der Waals surface area contributed by atoms with E-state index in [4.69, 9.17) is 0 Å². The van der Waals surface area contributed by atoms with E-state index in [0.717, 1.165) is 37.9 Å². The van der Waals surface area contributed by atoms with E-state index in [0.29, 0.717) is 13.1 Å². The summed E-state index contributed by atoms with van der Waals surface area (Å²) in [6.45, 7) is 2.29. The fourth-order valence-corrected chi connectivity index (χ4v) is 3.22. The van der Waals surface area contributed by atoms with Gasteiger partial charge in [-0.1, -0.05) is 12.1 Å². The van der Waals surface area contributed by atoms with E-state index in [9.17, 15) is 9.59 Å². The standard InChI is InChI=1S/C17H22N2O2/c1-18-8-3-9-19(12-17(18)21)11-16(20)15-7-6-13-4-2-5-14(13)10-15/h6-7,10H,2-5,8-9,11-12H2,1H3. The Kier molecular flexibility index (Phi) is 4.06. The van der Waals surface area contributed by atoms with Crippen molar-refractivity contribution in [2.45, 2.75) is 25.7 Å². The van der Waals surface area contributed by atoms with Gasteiger partial charge in [-0.3, -0.25) is 14.5 Å². The number of likely N-dealkylation sites (N-methyl/N-ethyl adjacent to an activating group) is 1. The van der Waals surface area contributed by atoms with Crippen LogP contribution in [0.25, 0.3) is 0 Å². The molecule has 0 radical (unpaired) electrons. The summed E-state index contributed by atoms with van der Waals surface area (Å²) >= 11 is 0. The van der Waals surface area contributed by atoms with Gasteiger partial charge < -0.3 is 4.90 Å². The zero-order valence-corrected chi connectivity index (χ0v) is 12.6. The number of benzene rings is 1. The summed E-state index contributed by atoms with van der Waals surface area (Å²) in [6.07, 6.45) is 4.35. The molecular weight excluding hydrogens is 264 g/mol. The van der Waals surface area contributed by atoms with Gasteiger partial charge >= 0.3 is 0 Å². The molecule has 0 spiro atoms. The number of fused-ring (bicyclic) bond motifs is 1. The van der Waals surface area contributed by atoms with E-state index in [1.54, 1.807) is 4.90 Å². The van der Waals surface area contributed by atoms with Gasteiger partial charge in [-0.15, -0.1) is 0 Å². The summed E-state index contributed by atoms with van der Waals surface area (Å²) in [5, 5.41) is 0. The SMILES string of the molecule is CN1CCCN(CC(=O)c2ccc3c(c2)CCC3)CC1=O. The van der Waals surface area contributed by atoms with Crippen molar-refractivity contribution in [3.05, 3.63) is 34.9 Å². The molecule has 1 aromatic rings. The minimum atomic E-state index is 0.106. The van der Waals surface area contributed by atoms with Crippen LogP contribution in [0.15, 0.2) is 18.2 Å². The molecule has 0 aromatic heterocycles. The zero-order valence-electron chi connectivity index (χ0n) is 12.6. The first-order chi connectivity index (χ1) is 10.1. The summed E-state index contributed by atoms with van der Waals surface area (Å²) in [7, 11) is 1.83. The largest absolute Gasteiger partial charge is 0.345 e. The molecule has 1 fully saturated rings. The smallest absolute Gasteiger partial charge is 0.236 e. The lowest BCUT2D eigenvalue weighted by molar-refractivity contribution is -0.129. The molecule has 1 aliphatic heterocycles. The molecule has 21 heavy (non-hydrogen) atoms. The van der Waals surface area contributed by atoms with Crippen molar-refractivity contribution in [2.24, 2.45) is 0 Å². The first-order valence-corrected chi connectivity index (χ1v) is 7.75. The van der Waals surface area contributed by atoms with E-state index in [1.807, 2.05) is 18.0 Å². The summed E-state index contributed by atoms with van der Waals surface area (Å²) in [5.74, 6) is 0.233. The molecule has 0 unspecified atom stereocenters. The third kappa shape index (κ3) is 3.16. The van der Waals surface area contributed by atoms with Crippen molar-refractivity contribution >= 4 is 11.7 Å². The van der Waals surface area contributed by atoms with Crippen LogP contribution in [0.5, 0.6) is 0 Å². The second-order valence-electron chi connectivity index (χ2n) is 6.14. The highest BCUT2D eigenvalue weighted by Gasteiger charge is 2.22. The summed E-state index contributed by atoms with van der Waals surface area (Å²) in [5.41, 5.74) is 3.51. The maximum absolute atomic E-state index is 12.4. The Morgan fingerprint density at radius 3 is 2.81 bits per heavy atom. The fraction of sp³-hybridized carbons (Fsp3) is 0.529. The topological polar surface area (TPSA) is 40.6 Å². The molecule has 0 bridgehead atoms. The van der Waals surface area contributed by atoms with Gasteiger partial charge in [0.15, 0.2) is 5.78 Å². The Balaban J connectivity index is 1.67. The van der Waals surface area contributed by atoms with Crippen LogP contribution in [0.3, 0.4) is 0 Å². The van der Waals surface area contributed by atoms with Crippen molar-refractivity contribution in [2.75, 3.05) is 33.2 Å². The molecule has 0 N–H and O–H groups in total. The van der Waals surface area contributed by atoms with Crippen molar-refractivity contribution < 1.29 is 9.59 Å². The number of carbonyl (C=O) groups is 2. The van der Waals surface area contributed by atoms with Crippen LogP contribution in [0.4, 0.5) is 0 Å². The number of rotatable bonds is 3. The maximum atomic E-state index is 12.4. The quantitative estimate of drug-likeness (QED) is 0.791. The van der Waals surface area contributed by atoms with Gasteiger partial charge in [0.1, 0.15) is 0 Å². The predicted molar refractivity (Wildman–Crippen MR) is 81.5 cm³/mol. The van der Waals surface area contributed by atoms with E-state index < -0.39 is 0 Å². The summed E-state index contributed by atoms with van der Waals surface area (Å²) < 4.78 is 0. The Bertz CT molecular complexity index is 568. The predicted octanol–water partition coefficient (Wildman–Crippen LogP) is 1.52. The number of nitrogens with zero attached hydrogens (tertiary/aromatic N) is 2. The number of Topliss-reactive ketones (excluding diaryl/α,β-unsaturated/α-hetero) is 1. The zero-order chi connectivity index (χ0) is 14.8. The van der Waals surface area contributed by atoms with E-state index in [2.05, 4.69) is 12.1 Å². The first-order valence-electron chi connectivity index (χ1n) is 7.75. The number of hydrogen-bond acceptors (Lipinski definition) is 3. The molecule has 0 saturated carbocycles. The van der Waals surface area contributed by atoms with Gasteiger partial charge in [0.25, 0.3) is 0 Å². The molecule has 1 saturated heterocycles. The molecule has 1 heterocycles. The maximum Gasteiger partial charge on any atom is 0.236 e. The van der Waals surface area contributed by atoms with Gasteiger partial charge in [0.05, 0.1) is 13.1 Å². The number of hydrogen-bond donors (Lipinski definition) is 0. The Morgan fingerprint density at radius 1 is 1.14 bits per heavy atom. The van der Waals surface area contributed by atoms with Crippen molar-refractivity contribution in [3.63, 3.8) is 0 Å². The monoisotopic (exact) mass is 286 g/mol. The van der Waals surface area contributed by atoms with Gasteiger partial charge in [-0.05, 0) is 42.9 Å². The average molecular weight is 286 g/mol. The Labute approximate surface area is 125 Å². The van der Waals surface area contributed by atoms with Crippen LogP contribution >= 0.6 is 0 Å². The van der Waals surface area contributed by atoms with Crippen molar-refractivity contribution in [1.82, 2.24) is 9.80 Å². The second-order valence-corrected chi connectivity index (χ2v) is 6.14. The number of amides is 1. The highest BCUT2D eigenvalue weighted by Crippen LogP contribution is 2.23. The van der Waals surface area contributed by atoms with E-state index >= 15 is 0 Å². The highest BCUT2D eigenvalue weighted by molar-refractivity contribution is 5.98. The molecule has 3 rings (SSSR count). The Hall–Kier alpha value is -1.68. The third-order valence-electron chi connectivity index (χ3n) is 4.54. The van der Waals surface area contributed by atoms with Crippen LogP contribution in [-0.2, 0) is 17.6 Å². The normalized spacial score (nSPS) is 19.5. The molecule has 1 amide bonds. The van der Waals surface area contributed by atoms with Crippen molar-refractivity contribution in [3.8, 4) is 0 Å². The van der Waals surface area contributed by atoms with E-state index in [1.165, 1.54) is 17.5 Å². The minimum Gasteiger partial charge on any atom is -0.345 e. The van der Waals surface area contributed by atoms with Crippen LogP contribution < -0.4 is 0 Å². The molecule has 4 nitrogen and oxygen atoms in total. The van der Waals surface area contributed by atoms with Gasteiger partial charge in [-0.25, -0.2) is 0 Å². The molecular formula is C17H22N2O2. The molecule has 2 aliphatic rings. The molecule has 112 valence electrons. The Morgan fingerprint density at radius 2 is 1.95 bits per heavy atom. The van der Waals surface area contributed by atoms with E-state index in [-0.39, 0.29) is 11.7 Å². The summed E-state index contributed by atoms with van der Waals surface area (Å²) in [6, 6.07) is 6.09. The number of aryl methyl sites for hydroxylation is 2. The lowest BCUT2D eigenvalue weighted by Gasteiger charge is -2.18. The first kappa shape index (κ1) is 14.3. The fourth-order valence-electron chi connectivity index (χ4n) is 3.22. The third-order valence-corrected chi connectivity index (χ3v) is 4.54. The van der Waals surface area contributed by atoms with Crippen LogP contribution in [0.2, 0.25) is 0 Å². The highest BCUT2D eigenvalue weighted by atomic mass is 16.2. The molecule has 1 aliphatic carbocycles. The minimum absolute atomic E-state index is 0.106. The number of ketones is 1. The summed E-state index contributed by atoms with van der Waals surface area (Å²) in [4.78, 5) is 28.0. The number of carbonyl (C=O) groups excluding carboxylic acids is 2. The second kappa shape index (κ2) is 5.98. The van der Waals surface area contributed by atoms with Crippen LogP contribution in [0.1, 0.15) is 34.3 Å². The molecule has 4 heteroatoms. The van der Waals surface area contributed by atoms with Crippen molar-refractivity contribution in [1.29, 1.82) is 0 Å². The van der Waals surface area contributed by atoms with Crippen LogP contribution in [-0.4, -0.2) is 54.7 Å². The van der Waals surface area contributed by atoms with Crippen LogP contribution in [0, 0.1) is 0 Å². The van der Waals surface area contributed by atoms with Gasteiger partial charge in [0, 0.05) is 25.7 Å².